The summed E-state index contributed by atoms with van der Waals surface area (Å²) in [6.45, 7) is 8.01. The van der Waals surface area contributed by atoms with E-state index in [2.05, 4.69) is 44.5 Å². The van der Waals surface area contributed by atoms with Gasteiger partial charge in [0.25, 0.3) is 0 Å². The summed E-state index contributed by atoms with van der Waals surface area (Å²) in [6, 6.07) is -8.23. The van der Waals surface area contributed by atoms with Gasteiger partial charge in [-0.25, -0.2) is 4.79 Å². The minimum Gasteiger partial charge on any atom is -0.550 e. The van der Waals surface area contributed by atoms with Crippen LogP contribution >= 0.6 is 12.6 Å². The van der Waals surface area contributed by atoms with E-state index in [1.807, 2.05) is 0 Å². The molecule has 1 saturated carbocycles. The molecule has 0 aromatic heterocycles. The second kappa shape index (κ2) is 24.1. The SMILES string of the molecule is CC[C@@H](C)[C@H](NC(=O)[C@H](CC(C)C)NC(=O)[C@@H](CCC(=O)[O-])NC(=O)[C@H](CC(=O)[O-])NC(C)=O)C(=O)N[C@@H](CC1CCCCC1)C(=O)N[C@@H](CS)C(=O)O. The van der Waals surface area contributed by atoms with Crippen LogP contribution in [0.25, 0.3) is 0 Å². The number of amides is 6. The molecule has 7 N–H and O–H groups in total. The Morgan fingerprint density at radius 2 is 1.20 bits per heavy atom. The fourth-order valence-electron chi connectivity index (χ4n) is 6.06. The summed E-state index contributed by atoms with van der Waals surface area (Å²) in [5.74, 6) is -10.4. The fraction of sp³-hybridized carbons (Fsp3) is 0.743. The van der Waals surface area contributed by atoms with E-state index in [0.29, 0.717) is 6.42 Å². The van der Waals surface area contributed by atoms with Gasteiger partial charge in [-0.15, -0.1) is 0 Å². The second-order valence-electron chi connectivity index (χ2n) is 14.2. The molecule has 0 aromatic carbocycles. The summed E-state index contributed by atoms with van der Waals surface area (Å²) in [5, 5.41) is 46.6. The van der Waals surface area contributed by atoms with E-state index in [-0.39, 0.29) is 30.4 Å². The normalized spacial score (nSPS) is 16.9. The van der Waals surface area contributed by atoms with Crippen LogP contribution in [0.3, 0.4) is 0 Å². The number of nitrogens with one attached hydrogen (secondary N) is 6. The molecule has 54 heavy (non-hydrogen) atoms. The van der Waals surface area contributed by atoms with Crippen LogP contribution in [0.15, 0.2) is 0 Å². The van der Waals surface area contributed by atoms with Crippen molar-refractivity contribution < 1.29 is 58.5 Å². The van der Waals surface area contributed by atoms with Crippen molar-refractivity contribution in [2.75, 3.05) is 5.75 Å². The van der Waals surface area contributed by atoms with E-state index >= 15 is 0 Å². The molecule has 0 unspecified atom stereocenters. The highest BCUT2D eigenvalue weighted by molar-refractivity contribution is 7.80. The highest BCUT2D eigenvalue weighted by atomic mass is 32.1. The van der Waals surface area contributed by atoms with Gasteiger partial charge >= 0.3 is 5.97 Å². The van der Waals surface area contributed by atoms with Crippen LogP contribution in [0.5, 0.6) is 0 Å². The number of carbonyl (C=O) groups excluding carboxylic acids is 8. The lowest BCUT2D eigenvalue weighted by molar-refractivity contribution is -0.307. The van der Waals surface area contributed by atoms with Crippen molar-refractivity contribution in [2.24, 2.45) is 17.8 Å². The molecular weight excluding hydrogens is 728 g/mol. The molecule has 0 aromatic rings. The van der Waals surface area contributed by atoms with Crippen LogP contribution < -0.4 is 42.1 Å². The van der Waals surface area contributed by atoms with Crippen molar-refractivity contribution in [3.05, 3.63) is 0 Å². The zero-order valence-corrected chi connectivity index (χ0v) is 32.5. The molecule has 6 amide bonds. The Labute approximate surface area is 320 Å². The maximum Gasteiger partial charge on any atom is 0.327 e. The molecule has 1 rings (SSSR count). The second-order valence-corrected chi connectivity index (χ2v) is 14.6. The molecule has 1 fully saturated rings. The number of hydrogen-bond donors (Lipinski definition) is 8. The number of rotatable bonds is 24. The van der Waals surface area contributed by atoms with Gasteiger partial charge in [0.05, 0.1) is 0 Å². The van der Waals surface area contributed by atoms with Gasteiger partial charge in [-0.2, -0.15) is 12.6 Å². The zero-order chi connectivity index (χ0) is 41.1. The number of carboxylic acids is 3. The van der Waals surface area contributed by atoms with E-state index in [0.717, 1.165) is 39.0 Å². The van der Waals surface area contributed by atoms with Crippen LogP contribution in [-0.2, 0) is 43.2 Å². The third-order valence-electron chi connectivity index (χ3n) is 9.19. The maximum absolute atomic E-state index is 13.9. The Kier molecular flexibility index (Phi) is 21.2. The Morgan fingerprint density at radius 1 is 0.685 bits per heavy atom. The zero-order valence-electron chi connectivity index (χ0n) is 31.6. The smallest absolute Gasteiger partial charge is 0.327 e. The summed E-state index contributed by atoms with van der Waals surface area (Å²) in [4.78, 5) is 113. The molecular formula is C35H56N6O12S-2. The van der Waals surface area contributed by atoms with Gasteiger partial charge in [0.1, 0.15) is 36.3 Å². The summed E-state index contributed by atoms with van der Waals surface area (Å²) >= 11 is 4.01. The molecule has 0 saturated heterocycles. The number of carboxylic acid groups (broad SMARTS) is 3. The molecule has 0 bridgehead atoms. The summed E-state index contributed by atoms with van der Waals surface area (Å²) in [5.41, 5.74) is 0. The van der Waals surface area contributed by atoms with Gasteiger partial charge in [-0.05, 0) is 43.4 Å². The maximum atomic E-state index is 13.9. The van der Waals surface area contributed by atoms with Crippen LogP contribution in [-0.4, -0.2) is 100 Å². The number of carbonyl (C=O) groups is 9. The highest BCUT2D eigenvalue weighted by Crippen LogP contribution is 2.27. The lowest BCUT2D eigenvalue weighted by Gasteiger charge is -2.31. The van der Waals surface area contributed by atoms with Gasteiger partial charge in [-0.3, -0.25) is 28.8 Å². The van der Waals surface area contributed by atoms with E-state index in [9.17, 15) is 58.5 Å². The average Bonchev–Trinajstić information content (AvgIpc) is 3.09. The predicted molar refractivity (Wildman–Crippen MR) is 193 cm³/mol. The lowest BCUT2D eigenvalue weighted by atomic mass is 9.84. The summed E-state index contributed by atoms with van der Waals surface area (Å²) in [6.07, 6.45) is 3.08. The first-order valence-electron chi connectivity index (χ1n) is 18.3. The number of aliphatic carboxylic acids is 3. The molecule has 1 aliphatic carbocycles. The van der Waals surface area contributed by atoms with Gasteiger partial charge < -0.3 is 56.8 Å². The molecule has 0 radical (unpaired) electrons. The Hall–Kier alpha value is -4.42. The number of thiol groups is 1. The first-order chi connectivity index (χ1) is 25.3. The molecule has 306 valence electrons. The molecule has 0 aliphatic heterocycles. The highest BCUT2D eigenvalue weighted by Gasteiger charge is 2.36. The summed E-state index contributed by atoms with van der Waals surface area (Å²) < 4.78 is 0. The molecule has 1 aliphatic rings. The monoisotopic (exact) mass is 784 g/mol. The van der Waals surface area contributed by atoms with Crippen LogP contribution in [0, 0.1) is 17.8 Å². The van der Waals surface area contributed by atoms with Crippen LogP contribution in [0.2, 0.25) is 0 Å². The third-order valence-corrected chi connectivity index (χ3v) is 9.56. The Bertz CT molecular complexity index is 1330. The van der Waals surface area contributed by atoms with Crippen molar-refractivity contribution in [1.29, 1.82) is 0 Å². The Morgan fingerprint density at radius 3 is 1.70 bits per heavy atom. The predicted octanol–water partition coefficient (Wildman–Crippen LogP) is -2.34. The van der Waals surface area contributed by atoms with E-state index in [4.69, 9.17) is 0 Å². The third kappa shape index (κ3) is 17.6. The van der Waals surface area contributed by atoms with Gasteiger partial charge in [-0.1, -0.05) is 66.2 Å². The molecule has 18 nitrogen and oxygen atoms in total. The minimum absolute atomic E-state index is 0.0276. The molecule has 7 atom stereocenters. The topological polar surface area (TPSA) is 292 Å². The van der Waals surface area contributed by atoms with Crippen molar-refractivity contribution >= 4 is 66.0 Å². The van der Waals surface area contributed by atoms with E-state index < -0.39 is 115 Å². The lowest BCUT2D eigenvalue weighted by Crippen LogP contribution is -2.61. The van der Waals surface area contributed by atoms with Gasteiger partial charge in [0.15, 0.2) is 0 Å². The van der Waals surface area contributed by atoms with E-state index in [1.165, 1.54) is 0 Å². The molecule has 0 heterocycles. The molecule has 0 spiro atoms. The largest absolute Gasteiger partial charge is 0.550 e. The summed E-state index contributed by atoms with van der Waals surface area (Å²) in [7, 11) is 0. The standard InChI is InChI=1S/C35H58N6O12S/c1-6-19(4)29(34(51)39-24(15-21-10-8-7-9-11-21)31(48)40-26(17-54)35(52)53)41-33(50)23(14-18(2)3)38-30(47)22(12-13-27(43)44)37-32(49)25(16-28(45)46)36-20(5)42/h18-19,21-26,29,54H,6-17H2,1-5H3,(H,36,42)(H,37,49)(H,38,47)(H,39,51)(H,40,48)(H,41,50)(H,43,44)(H,45,46)(H,52,53)/p-2/t19-,22-,23+,24+,25+,26+,29+/m1/s1. The fourth-order valence-corrected chi connectivity index (χ4v) is 6.31. The Balaban J connectivity index is 3.34. The first kappa shape index (κ1) is 47.6. The quantitative estimate of drug-likeness (QED) is 0.0478. The first-order valence-corrected chi connectivity index (χ1v) is 18.9. The van der Waals surface area contributed by atoms with Crippen molar-refractivity contribution in [2.45, 2.75) is 141 Å². The van der Waals surface area contributed by atoms with E-state index in [1.54, 1.807) is 27.7 Å². The van der Waals surface area contributed by atoms with Crippen molar-refractivity contribution in [1.82, 2.24) is 31.9 Å². The van der Waals surface area contributed by atoms with Gasteiger partial charge in [0, 0.05) is 31.0 Å². The van der Waals surface area contributed by atoms with Crippen molar-refractivity contribution in [3.63, 3.8) is 0 Å². The van der Waals surface area contributed by atoms with Crippen LogP contribution in [0.1, 0.15) is 105 Å². The van der Waals surface area contributed by atoms with Crippen LogP contribution in [0.4, 0.5) is 0 Å². The van der Waals surface area contributed by atoms with Gasteiger partial charge in [0.2, 0.25) is 35.4 Å². The average molecular weight is 785 g/mol. The van der Waals surface area contributed by atoms with Crippen molar-refractivity contribution in [3.8, 4) is 0 Å². The molecule has 19 heteroatoms. The number of hydrogen-bond acceptors (Lipinski definition) is 12. The minimum atomic E-state index is -1.68.